The Morgan fingerprint density at radius 1 is 1.19 bits per heavy atom. The van der Waals surface area contributed by atoms with Gasteiger partial charge in [0.1, 0.15) is 5.60 Å². The Bertz CT molecular complexity index is 380. The van der Waals surface area contributed by atoms with Crippen LogP contribution in [0.2, 0.25) is 0 Å². The number of ether oxygens (including phenoxy) is 2. The van der Waals surface area contributed by atoms with Crippen molar-refractivity contribution in [1.29, 1.82) is 0 Å². The lowest BCUT2D eigenvalue weighted by atomic mass is 9.91. The zero-order chi connectivity index (χ0) is 16.7. The molecule has 0 rings (SSSR count). The van der Waals surface area contributed by atoms with E-state index in [2.05, 4.69) is 5.32 Å². The third kappa shape index (κ3) is 9.10. The molecule has 0 aliphatic rings. The van der Waals surface area contributed by atoms with Gasteiger partial charge in [-0.15, -0.1) is 0 Å². The van der Waals surface area contributed by atoms with Crippen molar-refractivity contribution in [3.63, 3.8) is 0 Å². The molecule has 1 atom stereocenters. The van der Waals surface area contributed by atoms with Crippen molar-refractivity contribution < 1.29 is 19.1 Å². The monoisotopic (exact) mass is 299 g/mol. The summed E-state index contributed by atoms with van der Waals surface area (Å²) >= 11 is 0. The molecular weight excluding hydrogens is 270 g/mol. The lowest BCUT2D eigenvalue weighted by molar-refractivity contribution is -0.150. The summed E-state index contributed by atoms with van der Waals surface area (Å²) in [6.45, 7) is 13.6. The number of hydrogen-bond donors (Lipinski definition) is 1. The summed E-state index contributed by atoms with van der Waals surface area (Å²) in [5.41, 5.74) is -1.18. The number of hydrogen-bond acceptors (Lipinski definition) is 4. The van der Waals surface area contributed by atoms with Gasteiger partial charge in [0.25, 0.3) is 0 Å². The van der Waals surface area contributed by atoms with Gasteiger partial charge < -0.3 is 14.8 Å². The minimum Gasteiger partial charge on any atom is -0.465 e. The number of amides is 1. The quantitative estimate of drug-likeness (QED) is 0.604. The summed E-state index contributed by atoms with van der Waals surface area (Å²) in [5, 5.41) is 2.70. The normalized spacial score (nSPS) is 13.9. The van der Waals surface area contributed by atoms with Gasteiger partial charge in [0.15, 0.2) is 0 Å². The maximum absolute atomic E-state index is 11.7. The van der Waals surface area contributed by atoms with E-state index in [1.807, 2.05) is 39.8 Å². The van der Waals surface area contributed by atoms with E-state index >= 15 is 0 Å². The van der Waals surface area contributed by atoms with Crippen LogP contribution >= 0.6 is 0 Å². The first kappa shape index (κ1) is 19.5. The minimum atomic E-state index is -0.670. The zero-order valence-corrected chi connectivity index (χ0v) is 14.3. The molecule has 1 unspecified atom stereocenters. The summed E-state index contributed by atoms with van der Waals surface area (Å²) in [4.78, 5) is 23.3. The molecule has 122 valence electrons. The molecule has 5 nitrogen and oxygen atoms in total. The van der Waals surface area contributed by atoms with E-state index in [0.717, 1.165) is 0 Å². The second kappa shape index (κ2) is 8.05. The second-order valence-electron chi connectivity index (χ2n) is 6.66. The van der Waals surface area contributed by atoms with Crippen LogP contribution in [0.3, 0.4) is 0 Å². The van der Waals surface area contributed by atoms with Gasteiger partial charge in [-0.2, -0.15) is 0 Å². The SMILES string of the molecule is CCOC(=O)C(C)(C)/C=C\C(C)CNC(=O)OC(C)(C)C. The molecule has 21 heavy (non-hydrogen) atoms. The lowest BCUT2D eigenvalue weighted by Crippen LogP contribution is -2.34. The molecule has 0 fully saturated rings. The van der Waals surface area contributed by atoms with Gasteiger partial charge in [0.05, 0.1) is 12.0 Å². The van der Waals surface area contributed by atoms with Crippen LogP contribution in [0.1, 0.15) is 48.5 Å². The molecule has 1 amide bonds. The van der Waals surface area contributed by atoms with Gasteiger partial charge in [-0.05, 0) is 47.5 Å². The molecule has 0 aliphatic heterocycles. The Hall–Kier alpha value is -1.52. The summed E-state index contributed by atoms with van der Waals surface area (Å²) in [6, 6.07) is 0. The molecule has 1 N–H and O–H groups in total. The van der Waals surface area contributed by atoms with E-state index in [9.17, 15) is 9.59 Å². The van der Waals surface area contributed by atoms with E-state index in [1.54, 1.807) is 20.8 Å². The predicted octanol–water partition coefficient (Wildman–Crippen LogP) is 3.29. The first-order chi connectivity index (χ1) is 9.48. The predicted molar refractivity (Wildman–Crippen MR) is 83.0 cm³/mol. The fourth-order valence-electron chi connectivity index (χ4n) is 1.42. The Labute approximate surface area is 128 Å². The summed E-state index contributed by atoms with van der Waals surface area (Å²) in [6.07, 6.45) is 3.27. The minimum absolute atomic E-state index is 0.0891. The van der Waals surface area contributed by atoms with Crippen LogP contribution in [0.15, 0.2) is 12.2 Å². The van der Waals surface area contributed by atoms with Gasteiger partial charge in [-0.1, -0.05) is 19.1 Å². The molecule has 0 aromatic heterocycles. The van der Waals surface area contributed by atoms with E-state index in [-0.39, 0.29) is 11.9 Å². The van der Waals surface area contributed by atoms with Crippen molar-refractivity contribution in [1.82, 2.24) is 5.32 Å². The summed E-state index contributed by atoms with van der Waals surface area (Å²) in [5.74, 6) is -0.167. The van der Waals surface area contributed by atoms with Gasteiger partial charge in [0, 0.05) is 6.54 Å². The standard InChI is InChI=1S/C16H29NO4/c1-8-20-13(18)16(6,7)10-9-12(2)11-17-14(19)21-15(3,4)5/h9-10,12H,8,11H2,1-7H3,(H,17,19)/b10-9-. The van der Waals surface area contributed by atoms with E-state index in [1.165, 1.54) is 0 Å². The second-order valence-corrected chi connectivity index (χ2v) is 6.66. The largest absolute Gasteiger partial charge is 0.465 e. The van der Waals surface area contributed by atoms with Crippen LogP contribution in [0.5, 0.6) is 0 Å². The number of nitrogens with one attached hydrogen (secondary N) is 1. The fraction of sp³-hybridized carbons (Fsp3) is 0.750. The van der Waals surface area contributed by atoms with Crippen LogP contribution in [-0.4, -0.2) is 30.8 Å². The van der Waals surface area contributed by atoms with Crippen molar-refractivity contribution in [2.75, 3.05) is 13.2 Å². The third-order valence-corrected chi connectivity index (χ3v) is 2.61. The molecule has 0 saturated carbocycles. The highest BCUT2D eigenvalue weighted by Gasteiger charge is 2.26. The molecule has 0 saturated heterocycles. The van der Waals surface area contributed by atoms with Crippen LogP contribution in [0, 0.1) is 11.3 Å². The highest BCUT2D eigenvalue weighted by atomic mass is 16.6. The third-order valence-electron chi connectivity index (χ3n) is 2.61. The van der Waals surface area contributed by atoms with Crippen molar-refractivity contribution in [2.24, 2.45) is 11.3 Å². The van der Waals surface area contributed by atoms with Crippen LogP contribution in [0.25, 0.3) is 0 Å². The number of carbonyl (C=O) groups excluding carboxylic acids is 2. The maximum atomic E-state index is 11.7. The Morgan fingerprint density at radius 3 is 2.24 bits per heavy atom. The molecule has 0 aliphatic carbocycles. The van der Waals surface area contributed by atoms with E-state index in [0.29, 0.717) is 13.2 Å². The first-order valence-corrected chi connectivity index (χ1v) is 7.31. The van der Waals surface area contributed by atoms with E-state index in [4.69, 9.17) is 9.47 Å². The average Bonchev–Trinajstić information content (AvgIpc) is 2.32. The number of carbonyl (C=O) groups is 2. The molecule has 0 aromatic rings. The van der Waals surface area contributed by atoms with Gasteiger partial charge >= 0.3 is 12.1 Å². The van der Waals surface area contributed by atoms with Gasteiger partial charge in [-0.3, -0.25) is 4.79 Å². The van der Waals surface area contributed by atoms with Crippen LogP contribution < -0.4 is 5.32 Å². The average molecular weight is 299 g/mol. The molecular formula is C16H29NO4. The fourth-order valence-corrected chi connectivity index (χ4v) is 1.42. The van der Waals surface area contributed by atoms with Crippen LogP contribution in [-0.2, 0) is 14.3 Å². The van der Waals surface area contributed by atoms with Gasteiger partial charge in [-0.25, -0.2) is 4.79 Å². The number of esters is 1. The molecule has 5 heteroatoms. The summed E-state index contributed by atoms with van der Waals surface area (Å²) in [7, 11) is 0. The van der Waals surface area contributed by atoms with Crippen molar-refractivity contribution >= 4 is 12.1 Å². The topological polar surface area (TPSA) is 64.6 Å². The van der Waals surface area contributed by atoms with Gasteiger partial charge in [0.2, 0.25) is 0 Å². The first-order valence-electron chi connectivity index (χ1n) is 7.31. The number of alkyl carbamates (subject to hydrolysis) is 1. The maximum Gasteiger partial charge on any atom is 0.407 e. The molecule has 0 spiro atoms. The highest BCUT2D eigenvalue weighted by Crippen LogP contribution is 2.20. The Balaban J connectivity index is 4.31. The number of rotatable bonds is 6. The van der Waals surface area contributed by atoms with Crippen molar-refractivity contribution in [3.8, 4) is 0 Å². The smallest absolute Gasteiger partial charge is 0.407 e. The van der Waals surface area contributed by atoms with Crippen LogP contribution in [0.4, 0.5) is 4.79 Å². The Kier molecular flexibility index (Phi) is 7.47. The van der Waals surface area contributed by atoms with E-state index < -0.39 is 17.1 Å². The molecule has 0 bridgehead atoms. The Morgan fingerprint density at radius 2 is 1.76 bits per heavy atom. The lowest BCUT2D eigenvalue weighted by Gasteiger charge is -2.21. The van der Waals surface area contributed by atoms with Crippen molar-refractivity contribution in [2.45, 2.75) is 54.1 Å². The summed E-state index contributed by atoms with van der Waals surface area (Å²) < 4.78 is 10.2. The molecule has 0 heterocycles. The zero-order valence-electron chi connectivity index (χ0n) is 14.3. The van der Waals surface area contributed by atoms with Crippen molar-refractivity contribution in [3.05, 3.63) is 12.2 Å². The highest BCUT2D eigenvalue weighted by molar-refractivity contribution is 5.78. The molecule has 0 aromatic carbocycles. The molecule has 0 radical (unpaired) electrons.